The molecule has 16 N–H and O–H groups in total. The Bertz CT molecular complexity index is 3010. The fraction of sp³-hybridized carbons (Fsp3) is 0.464. The van der Waals surface area contributed by atoms with Crippen molar-refractivity contribution >= 4 is 92.8 Å². The van der Waals surface area contributed by atoms with Gasteiger partial charge < -0.3 is 84.3 Å². The van der Waals surface area contributed by atoms with Crippen molar-refractivity contribution in [2.75, 3.05) is 113 Å². The number of nitrogens with one attached hydrogen (secondary N) is 4. The van der Waals surface area contributed by atoms with E-state index < -0.39 is 35.8 Å². The van der Waals surface area contributed by atoms with Crippen LogP contribution in [0.25, 0.3) is 22.3 Å². The molecule has 0 aliphatic heterocycles. The van der Waals surface area contributed by atoms with Gasteiger partial charge in [0.1, 0.15) is 12.1 Å². The molecule has 4 aromatic heterocycles. The van der Waals surface area contributed by atoms with Crippen molar-refractivity contribution in [1.29, 1.82) is 0 Å². The minimum absolute atomic E-state index is 0.00164. The second kappa shape index (κ2) is 33.9. The first-order valence-electron chi connectivity index (χ1n) is 28.3. The number of ether oxygens (including phenoxy) is 2. The van der Waals surface area contributed by atoms with Crippen LogP contribution in [0, 0.1) is 0 Å². The van der Waals surface area contributed by atoms with Crippen LogP contribution in [0.3, 0.4) is 0 Å². The van der Waals surface area contributed by atoms with E-state index in [-0.39, 0.29) is 83.5 Å². The van der Waals surface area contributed by atoms with Gasteiger partial charge in [-0.3, -0.25) is 19.2 Å². The van der Waals surface area contributed by atoms with E-state index in [2.05, 4.69) is 66.0 Å². The first-order chi connectivity index (χ1) is 41.4. The molecule has 0 saturated carbocycles. The summed E-state index contributed by atoms with van der Waals surface area (Å²) < 4.78 is 11.2. The summed E-state index contributed by atoms with van der Waals surface area (Å²) >= 11 is 0. The van der Waals surface area contributed by atoms with Crippen LogP contribution in [-0.2, 0) is 41.7 Å². The van der Waals surface area contributed by atoms with Crippen molar-refractivity contribution in [1.82, 2.24) is 66.0 Å². The molecule has 2 atom stereocenters. The number of hydrogen-bond acceptors (Lipinski definition) is 24. The van der Waals surface area contributed by atoms with E-state index in [9.17, 15) is 39.0 Å². The van der Waals surface area contributed by atoms with E-state index in [1.165, 1.54) is 0 Å². The molecule has 462 valence electrons. The Kier molecular flexibility index (Phi) is 26.0. The molecule has 4 amide bonds. The van der Waals surface area contributed by atoms with Crippen molar-refractivity contribution < 1.29 is 48.5 Å². The summed E-state index contributed by atoms with van der Waals surface area (Å²) in [6.07, 6.45) is 7.48. The van der Waals surface area contributed by atoms with Crippen molar-refractivity contribution in [3.8, 4) is 0 Å². The fourth-order valence-electron chi connectivity index (χ4n) is 8.91. The first kappa shape index (κ1) is 65.9. The van der Waals surface area contributed by atoms with Gasteiger partial charge in [-0.2, -0.15) is 19.9 Å². The summed E-state index contributed by atoms with van der Waals surface area (Å²) in [5.41, 5.74) is 33.1. The Hall–Kier alpha value is -9.26. The van der Waals surface area contributed by atoms with E-state index >= 15 is 0 Å². The molecule has 0 fully saturated rings. The Morgan fingerprint density at radius 1 is 0.535 bits per heavy atom. The number of hydrogen-bond donors (Lipinski definition) is 11. The lowest BCUT2D eigenvalue weighted by Gasteiger charge is -2.22. The summed E-state index contributed by atoms with van der Waals surface area (Å²) in [4.78, 5) is 116. The smallest absolute Gasteiger partial charge is 0.326 e. The number of carbonyl (C=O) groups excluding carboxylic acids is 4. The lowest BCUT2D eigenvalue weighted by molar-refractivity contribution is -0.140. The number of aromatic nitrogens is 8. The van der Waals surface area contributed by atoms with Crippen LogP contribution in [0.5, 0.6) is 0 Å². The van der Waals surface area contributed by atoms with Gasteiger partial charge in [-0.1, -0.05) is 12.8 Å². The molecule has 0 saturated heterocycles. The number of nitrogens with zero attached hydrogens (tertiary/aromatic N) is 11. The number of carbonyl (C=O) groups is 6. The number of benzene rings is 2. The highest BCUT2D eigenvalue weighted by Gasteiger charge is 2.24. The highest BCUT2D eigenvalue weighted by atomic mass is 16.5. The summed E-state index contributed by atoms with van der Waals surface area (Å²) in [5, 5.41) is 30.5. The molecule has 1 unspecified atom stereocenters. The summed E-state index contributed by atoms with van der Waals surface area (Å²) in [6.45, 7) is 6.05. The molecule has 4 heterocycles. The van der Waals surface area contributed by atoms with Gasteiger partial charge >= 0.3 is 11.9 Å². The second-order valence-corrected chi connectivity index (χ2v) is 20.3. The molecule has 30 heteroatoms. The Morgan fingerprint density at radius 2 is 0.953 bits per heavy atom. The van der Waals surface area contributed by atoms with Gasteiger partial charge in [0.2, 0.25) is 23.7 Å². The molecule has 6 rings (SSSR count). The van der Waals surface area contributed by atoms with Crippen LogP contribution in [0.2, 0.25) is 0 Å². The molecule has 0 bridgehead atoms. The number of nitrogens with two attached hydrogens (primary N) is 5. The van der Waals surface area contributed by atoms with Crippen molar-refractivity contribution in [3.05, 3.63) is 83.4 Å². The molecule has 6 aromatic rings. The summed E-state index contributed by atoms with van der Waals surface area (Å²) in [6, 6.07) is 10.6. The van der Waals surface area contributed by atoms with Gasteiger partial charge in [-0.15, -0.1) is 0 Å². The number of unbranched alkanes of at least 4 members (excludes halogenated alkanes) is 4. The van der Waals surface area contributed by atoms with E-state index in [4.69, 9.17) is 38.1 Å². The zero-order valence-corrected chi connectivity index (χ0v) is 48.5. The molecule has 30 nitrogen and oxygen atoms in total. The number of anilines is 6. The van der Waals surface area contributed by atoms with Crippen LogP contribution in [-0.4, -0.2) is 182 Å². The van der Waals surface area contributed by atoms with E-state index in [1.54, 1.807) is 60.9 Å². The number of carboxylic acid groups (broad SMARTS) is 2. The highest BCUT2D eigenvalue weighted by Crippen LogP contribution is 2.21. The number of nitrogen functional groups attached to an aromatic ring is 4. The zero-order chi connectivity index (χ0) is 62.0. The molecule has 0 radical (unpaired) electrons. The average Bonchev–Trinajstić information content (AvgIpc) is 2.94. The van der Waals surface area contributed by atoms with Gasteiger partial charge in [0.15, 0.2) is 34.0 Å². The highest BCUT2D eigenvalue weighted by molar-refractivity contribution is 5.98. The average molecular weight is 1190 g/mol. The molecule has 0 aliphatic rings. The van der Waals surface area contributed by atoms with E-state index in [0.29, 0.717) is 101 Å². The van der Waals surface area contributed by atoms with Crippen LogP contribution in [0.4, 0.5) is 34.9 Å². The van der Waals surface area contributed by atoms with Crippen LogP contribution in [0.15, 0.2) is 60.9 Å². The summed E-state index contributed by atoms with van der Waals surface area (Å²) in [7, 11) is 3.65. The summed E-state index contributed by atoms with van der Waals surface area (Å²) in [5.74, 6) is -4.12. The van der Waals surface area contributed by atoms with E-state index in [1.807, 2.05) is 23.9 Å². The number of fused-ring (bicyclic) bond motifs is 2. The first-order valence-corrected chi connectivity index (χ1v) is 28.3. The SMILES string of the molecule is CN(Cc1cnc2nc(N)nc(N)c2n1)c1ccc(C(=O)NC(CCC(=O)NCCCCCN(CCCCCNC(=O)CC[C@H](NC(=O)c2ccc(N(C)Cc3cnc4nc(N)nc(N)c4n3)cc2)C(=O)O)CCOCCOCCN)C(=O)O)cc1. The fourth-order valence-corrected chi connectivity index (χ4v) is 8.91. The van der Waals surface area contributed by atoms with E-state index in [0.717, 1.165) is 50.1 Å². The van der Waals surface area contributed by atoms with Crippen LogP contribution >= 0.6 is 0 Å². The van der Waals surface area contributed by atoms with Crippen LogP contribution in [0.1, 0.15) is 96.3 Å². The Balaban J connectivity index is 0.839. The van der Waals surface area contributed by atoms with Crippen molar-refractivity contribution in [3.63, 3.8) is 0 Å². The predicted molar refractivity (Wildman–Crippen MR) is 322 cm³/mol. The van der Waals surface area contributed by atoms with Gasteiger partial charge in [0, 0.05) is 75.6 Å². The van der Waals surface area contributed by atoms with Crippen molar-refractivity contribution in [2.24, 2.45) is 5.73 Å². The van der Waals surface area contributed by atoms with Crippen molar-refractivity contribution in [2.45, 2.75) is 89.4 Å². The second-order valence-electron chi connectivity index (χ2n) is 20.3. The Labute approximate surface area is 496 Å². The lowest BCUT2D eigenvalue weighted by atomic mass is 10.1. The third kappa shape index (κ3) is 21.4. The minimum atomic E-state index is -1.29. The molecular formula is C56H78N20O10. The molecular weight excluding hydrogens is 1110 g/mol. The topological polar surface area (TPSA) is 452 Å². The standard InChI is InChI=1S/C56H78N20O10/c1-74(33-37-31-64-49-45(66-37)47(58)70-55(60)72-49)39-13-9-35(10-14-39)51(79)68-41(53(81)82)17-19-43(77)62-22-5-3-7-24-76(26-28-86-30-29-85-27-21-57)25-8-4-6-23-63-44(78)20-18-42(54(83)84)69-52(80)36-11-15-40(16-12-36)75(2)34-38-32-65-50-46(67-38)48(59)71-56(61)73-50/h9-16,31-32,41-42H,3-8,17-30,33-34,57H2,1-2H3,(H,62,77)(H,63,78)(H,68,79)(H,69,80)(H,81,82)(H,83,84)(H4,58,60,64,70,72)(H4,59,61,65,71,73)/t41-,42?/m0/s1. The number of rotatable bonds is 38. The molecule has 0 spiro atoms. The molecule has 86 heavy (non-hydrogen) atoms. The maximum atomic E-state index is 13.1. The van der Waals surface area contributed by atoms with Crippen LogP contribution < -0.4 is 59.7 Å². The zero-order valence-electron chi connectivity index (χ0n) is 48.5. The number of amides is 4. The maximum Gasteiger partial charge on any atom is 0.326 e. The number of carboxylic acids is 2. The minimum Gasteiger partial charge on any atom is -0.480 e. The third-order valence-electron chi connectivity index (χ3n) is 13.6. The maximum absolute atomic E-state index is 13.1. The Morgan fingerprint density at radius 3 is 1.36 bits per heavy atom. The van der Waals surface area contributed by atoms with Gasteiger partial charge in [0.25, 0.3) is 11.8 Å². The van der Waals surface area contributed by atoms with Gasteiger partial charge in [-0.05, 0) is 100 Å². The number of aliphatic carboxylic acids is 2. The monoisotopic (exact) mass is 1190 g/mol. The largest absolute Gasteiger partial charge is 0.480 e. The molecule has 0 aliphatic carbocycles. The van der Waals surface area contributed by atoms with Gasteiger partial charge in [0.05, 0.1) is 63.3 Å². The quantitative estimate of drug-likeness (QED) is 0.0243. The van der Waals surface area contributed by atoms with Gasteiger partial charge in [-0.25, -0.2) is 29.5 Å². The third-order valence-corrected chi connectivity index (χ3v) is 13.6. The lowest BCUT2D eigenvalue weighted by Crippen LogP contribution is -2.41. The predicted octanol–water partition coefficient (Wildman–Crippen LogP) is 1.25. The normalized spacial score (nSPS) is 12.0. The molecule has 2 aromatic carbocycles.